The summed E-state index contributed by atoms with van der Waals surface area (Å²) in [6, 6.07) is 13.4. The zero-order valence-electron chi connectivity index (χ0n) is 17.3. The van der Waals surface area contributed by atoms with Gasteiger partial charge in [0.1, 0.15) is 0 Å². The number of rotatable bonds is 4. The van der Waals surface area contributed by atoms with E-state index in [1.54, 1.807) is 0 Å². The molecule has 0 saturated carbocycles. The van der Waals surface area contributed by atoms with Gasteiger partial charge in [0.05, 0.1) is 16.0 Å². The summed E-state index contributed by atoms with van der Waals surface area (Å²) in [6.45, 7) is 0. The molecule has 0 unspecified atom stereocenters. The molecule has 3 aromatic rings. The monoisotopic (exact) mass is 486 g/mol. The van der Waals surface area contributed by atoms with Crippen molar-refractivity contribution in [3.63, 3.8) is 0 Å². The third kappa shape index (κ3) is 6.15. The molecular formula is C20H14F6LiO3PS. The van der Waals surface area contributed by atoms with Gasteiger partial charge in [0.2, 0.25) is 0 Å². The second-order valence-corrected chi connectivity index (χ2v) is 10.0. The molecule has 0 aliphatic rings. The molecule has 0 spiro atoms. The van der Waals surface area contributed by atoms with Crippen molar-refractivity contribution >= 4 is 34.0 Å². The van der Waals surface area contributed by atoms with Gasteiger partial charge in [-0.2, -0.15) is 34.8 Å². The molecule has 3 aromatic carbocycles. The van der Waals surface area contributed by atoms with Crippen LogP contribution in [-0.2, 0) is 22.5 Å². The molecule has 0 radical (unpaired) electrons. The molecule has 0 atom stereocenters. The SMILES string of the molecule is O=S(=O)(O)c1ccc(P(c2ccc(C(F)(F)F)cc2)c2ccc(C(F)(F)F)cc2)cc1.[H-].[Li+]. The molecule has 0 heterocycles. The van der Waals surface area contributed by atoms with E-state index < -0.39 is 41.5 Å². The van der Waals surface area contributed by atoms with Gasteiger partial charge >= 0.3 is 31.2 Å². The first-order valence-electron chi connectivity index (χ1n) is 8.49. The summed E-state index contributed by atoms with van der Waals surface area (Å²) in [5.41, 5.74) is -1.75. The molecule has 12 heteroatoms. The summed E-state index contributed by atoms with van der Waals surface area (Å²) in [4.78, 5) is -0.383. The maximum absolute atomic E-state index is 12.9. The van der Waals surface area contributed by atoms with Gasteiger partial charge in [0, 0.05) is 0 Å². The Labute approximate surface area is 194 Å². The summed E-state index contributed by atoms with van der Waals surface area (Å²) in [7, 11) is -6.06. The number of benzene rings is 3. The minimum Gasteiger partial charge on any atom is -1.00 e. The summed E-state index contributed by atoms with van der Waals surface area (Å²) in [5.74, 6) is 0. The van der Waals surface area contributed by atoms with Crippen molar-refractivity contribution < 1.29 is 59.6 Å². The standard InChI is InChI=1S/C20H13F6O3PS.Li.H/c21-19(22,23)13-1-5-15(6-2-13)30(16-7-3-14(4-8-16)20(24,25)26)17-9-11-18(12-10-17)31(27,28)29;;/h1-12H,(H,27,28,29);;/q;+1;-1. The van der Waals surface area contributed by atoms with E-state index in [4.69, 9.17) is 4.55 Å². The molecule has 166 valence electrons. The Balaban J connectivity index is 0.00000272. The van der Waals surface area contributed by atoms with Crippen LogP contribution in [0.2, 0.25) is 0 Å². The molecular weight excluding hydrogens is 472 g/mol. The van der Waals surface area contributed by atoms with E-state index in [2.05, 4.69) is 0 Å². The second kappa shape index (κ2) is 9.58. The van der Waals surface area contributed by atoms with Gasteiger partial charge < -0.3 is 1.43 Å². The van der Waals surface area contributed by atoms with E-state index in [-0.39, 0.29) is 25.2 Å². The first-order chi connectivity index (χ1) is 14.3. The normalized spacial score (nSPS) is 12.5. The Morgan fingerprint density at radius 1 is 0.625 bits per heavy atom. The van der Waals surface area contributed by atoms with Gasteiger partial charge in [0.15, 0.2) is 0 Å². The number of halogens is 6. The van der Waals surface area contributed by atoms with Crippen molar-refractivity contribution in [3.8, 4) is 0 Å². The van der Waals surface area contributed by atoms with Crippen LogP contribution in [0.25, 0.3) is 0 Å². The van der Waals surface area contributed by atoms with Crippen molar-refractivity contribution in [3.05, 3.63) is 83.9 Å². The van der Waals surface area contributed by atoms with Crippen molar-refractivity contribution in [2.24, 2.45) is 0 Å². The van der Waals surface area contributed by atoms with E-state index in [1.165, 1.54) is 36.4 Å². The molecule has 0 fully saturated rings. The van der Waals surface area contributed by atoms with E-state index in [9.17, 15) is 34.8 Å². The zero-order chi connectivity index (χ0) is 23.0. The largest absolute Gasteiger partial charge is 1.00 e. The second-order valence-electron chi connectivity index (χ2n) is 6.39. The Morgan fingerprint density at radius 2 is 0.906 bits per heavy atom. The van der Waals surface area contributed by atoms with Crippen LogP contribution >= 0.6 is 7.92 Å². The third-order valence-corrected chi connectivity index (χ3v) is 7.61. The minimum atomic E-state index is -4.55. The summed E-state index contributed by atoms with van der Waals surface area (Å²) < 4.78 is 109. The van der Waals surface area contributed by atoms with Gasteiger partial charge in [0.25, 0.3) is 10.1 Å². The molecule has 0 saturated heterocycles. The topological polar surface area (TPSA) is 54.4 Å². The van der Waals surface area contributed by atoms with E-state index >= 15 is 0 Å². The van der Waals surface area contributed by atoms with Crippen LogP contribution in [0.3, 0.4) is 0 Å². The zero-order valence-corrected chi connectivity index (χ0v) is 18.0. The maximum Gasteiger partial charge on any atom is 1.00 e. The fourth-order valence-corrected chi connectivity index (χ4v) is 5.53. The smallest absolute Gasteiger partial charge is 1.00 e. The third-order valence-electron chi connectivity index (χ3n) is 4.30. The first-order valence-corrected chi connectivity index (χ1v) is 11.3. The van der Waals surface area contributed by atoms with Gasteiger partial charge in [-0.25, -0.2) is 0 Å². The Kier molecular flexibility index (Phi) is 7.91. The molecule has 0 aromatic heterocycles. The molecule has 3 nitrogen and oxygen atoms in total. The quantitative estimate of drug-likeness (QED) is 0.265. The fraction of sp³-hybridized carbons (Fsp3) is 0.100. The van der Waals surface area contributed by atoms with Gasteiger partial charge in [-0.3, -0.25) is 4.55 Å². The summed E-state index contributed by atoms with van der Waals surface area (Å²) in [5, 5.41) is 1.31. The Morgan fingerprint density at radius 3 is 1.16 bits per heavy atom. The van der Waals surface area contributed by atoms with E-state index in [0.717, 1.165) is 36.4 Å². The van der Waals surface area contributed by atoms with Crippen molar-refractivity contribution in [1.29, 1.82) is 0 Å². The van der Waals surface area contributed by atoms with Crippen molar-refractivity contribution in [2.75, 3.05) is 0 Å². The molecule has 0 aliphatic carbocycles. The summed E-state index contributed by atoms with van der Waals surface area (Å²) in [6.07, 6.45) is -9.10. The van der Waals surface area contributed by atoms with Crippen LogP contribution < -0.4 is 34.8 Å². The van der Waals surface area contributed by atoms with Crippen molar-refractivity contribution in [1.82, 2.24) is 0 Å². The fourth-order valence-electron chi connectivity index (χ4n) is 2.81. The van der Waals surface area contributed by atoms with Crippen LogP contribution in [-0.4, -0.2) is 13.0 Å². The predicted octanol–water partition coefficient (Wildman–Crippen LogP) is 1.85. The average Bonchev–Trinajstić information content (AvgIpc) is 2.67. The maximum atomic E-state index is 12.9. The van der Waals surface area contributed by atoms with E-state index in [1.807, 2.05) is 0 Å². The Hall–Kier alpha value is -1.82. The number of alkyl halides is 6. The van der Waals surface area contributed by atoms with Gasteiger partial charge in [-0.15, -0.1) is 0 Å². The van der Waals surface area contributed by atoms with E-state index in [0.29, 0.717) is 15.9 Å². The Bertz CT molecular complexity index is 1110. The first kappa shape index (κ1) is 26.4. The van der Waals surface area contributed by atoms with Gasteiger partial charge in [-0.1, -0.05) is 36.4 Å². The van der Waals surface area contributed by atoms with Crippen molar-refractivity contribution in [2.45, 2.75) is 17.2 Å². The molecule has 0 bridgehead atoms. The molecule has 0 aliphatic heterocycles. The van der Waals surface area contributed by atoms with Crippen LogP contribution in [0.5, 0.6) is 0 Å². The summed E-state index contributed by atoms with van der Waals surface area (Å²) >= 11 is 0. The average molecular weight is 486 g/mol. The van der Waals surface area contributed by atoms with Crippen LogP contribution in [0.4, 0.5) is 26.3 Å². The minimum absolute atomic E-state index is 0. The molecule has 0 amide bonds. The predicted molar refractivity (Wildman–Crippen MR) is 106 cm³/mol. The number of hydrogen-bond donors (Lipinski definition) is 1. The molecule has 1 N–H and O–H groups in total. The molecule has 32 heavy (non-hydrogen) atoms. The van der Waals surface area contributed by atoms with Crippen LogP contribution in [0, 0.1) is 0 Å². The number of hydrogen-bond acceptors (Lipinski definition) is 2. The van der Waals surface area contributed by atoms with Gasteiger partial charge in [-0.05, 0) is 60.2 Å². The van der Waals surface area contributed by atoms with Crippen LogP contribution in [0.1, 0.15) is 12.6 Å². The molecule has 3 rings (SSSR count). The van der Waals surface area contributed by atoms with Crippen LogP contribution in [0.15, 0.2) is 77.7 Å².